The van der Waals surface area contributed by atoms with Crippen LogP contribution in [-0.4, -0.2) is 51.4 Å². The van der Waals surface area contributed by atoms with Crippen LogP contribution in [0, 0.1) is 5.41 Å². The lowest BCUT2D eigenvalue weighted by Gasteiger charge is -2.38. The van der Waals surface area contributed by atoms with Crippen molar-refractivity contribution in [3.8, 4) is 0 Å². The monoisotopic (exact) mass is 380 g/mol. The van der Waals surface area contributed by atoms with Crippen LogP contribution < -0.4 is 0 Å². The van der Waals surface area contributed by atoms with Gasteiger partial charge < -0.3 is 9.47 Å². The van der Waals surface area contributed by atoms with Gasteiger partial charge in [-0.1, -0.05) is 30.3 Å². The first-order valence-corrected chi connectivity index (χ1v) is 10.7. The summed E-state index contributed by atoms with van der Waals surface area (Å²) in [5, 5.41) is 0. The Morgan fingerprint density at radius 1 is 1.14 bits per heavy atom. The maximum absolute atomic E-state index is 12.6. The highest BCUT2D eigenvalue weighted by Crippen LogP contribution is 2.41. The minimum absolute atomic E-state index is 0.214. The normalized spacial score (nSPS) is 19.6. The van der Waals surface area contributed by atoms with Crippen LogP contribution in [0.4, 0.5) is 0 Å². The molecule has 0 N–H and O–H groups in total. The second-order valence-corrected chi connectivity index (χ2v) is 8.53. The van der Waals surface area contributed by atoms with E-state index in [-0.39, 0.29) is 5.41 Å². The molecule has 2 aromatic rings. The van der Waals surface area contributed by atoms with E-state index >= 15 is 0 Å². The summed E-state index contributed by atoms with van der Waals surface area (Å²) in [6.07, 6.45) is 9.03. The Bertz CT molecular complexity index is 777. The van der Waals surface area contributed by atoms with Gasteiger partial charge in [0.05, 0.1) is 12.0 Å². The van der Waals surface area contributed by atoms with Crippen molar-refractivity contribution >= 4 is 5.91 Å². The van der Waals surface area contributed by atoms with E-state index in [9.17, 15) is 4.79 Å². The lowest BCUT2D eigenvalue weighted by atomic mass is 9.77. The van der Waals surface area contributed by atoms with E-state index < -0.39 is 0 Å². The summed E-state index contributed by atoms with van der Waals surface area (Å²) < 4.78 is 2.22. The number of hydrogen-bond acceptors (Lipinski definition) is 3. The van der Waals surface area contributed by atoms with Crippen molar-refractivity contribution in [3.63, 3.8) is 0 Å². The molecule has 0 aliphatic carbocycles. The van der Waals surface area contributed by atoms with Gasteiger partial charge in [0.1, 0.15) is 0 Å². The molecule has 0 unspecified atom stereocenters. The molecule has 2 saturated heterocycles. The van der Waals surface area contributed by atoms with E-state index in [1.807, 2.05) is 12.5 Å². The summed E-state index contributed by atoms with van der Waals surface area (Å²) >= 11 is 0. The molecule has 3 heterocycles. The highest BCUT2D eigenvalue weighted by atomic mass is 16.2. The molecule has 2 aliphatic rings. The number of hydrogen-bond donors (Lipinski definition) is 0. The fourth-order valence-electron chi connectivity index (χ4n) is 4.82. The van der Waals surface area contributed by atoms with Crippen LogP contribution in [0.2, 0.25) is 0 Å². The Labute approximate surface area is 168 Å². The number of imidazole rings is 1. The predicted molar refractivity (Wildman–Crippen MR) is 111 cm³/mol. The fraction of sp³-hybridized carbons (Fsp3) is 0.565. The summed E-state index contributed by atoms with van der Waals surface area (Å²) in [5.41, 5.74) is 2.87. The van der Waals surface area contributed by atoms with Crippen LogP contribution in [0.1, 0.15) is 43.9 Å². The lowest BCUT2D eigenvalue weighted by molar-refractivity contribution is -0.127. The predicted octanol–water partition coefficient (Wildman–Crippen LogP) is 3.35. The lowest BCUT2D eigenvalue weighted by Crippen LogP contribution is -2.41. The fourth-order valence-corrected chi connectivity index (χ4v) is 4.82. The van der Waals surface area contributed by atoms with Gasteiger partial charge in [0.2, 0.25) is 5.91 Å². The molecule has 0 saturated carbocycles. The molecule has 1 spiro atoms. The molecule has 28 heavy (non-hydrogen) atoms. The van der Waals surface area contributed by atoms with Crippen molar-refractivity contribution in [1.29, 1.82) is 0 Å². The maximum atomic E-state index is 12.6. The summed E-state index contributed by atoms with van der Waals surface area (Å²) in [5.74, 6) is 0.366. The minimum atomic E-state index is 0.214. The van der Waals surface area contributed by atoms with Gasteiger partial charge in [-0.2, -0.15) is 0 Å². The highest BCUT2D eigenvalue weighted by molar-refractivity contribution is 5.79. The first-order valence-electron chi connectivity index (χ1n) is 10.7. The standard InChI is InChI=1S/C23H32N4O/c1-2-26-19-24-16-21(26)17-25-13-10-23(11-14-25)15-22(28)27(18-23)12-6-9-20-7-4-3-5-8-20/h3-5,7-8,16,19H,2,6,9-15,17-18H2,1H3. The Hall–Kier alpha value is -2.14. The summed E-state index contributed by atoms with van der Waals surface area (Å²) in [6.45, 7) is 8.13. The van der Waals surface area contributed by atoms with E-state index in [0.29, 0.717) is 5.91 Å². The molecule has 1 amide bonds. The Balaban J connectivity index is 1.25. The third-order valence-electron chi connectivity index (χ3n) is 6.58. The quantitative estimate of drug-likeness (QED) is 0.740. The first-order chi connectivity index (χ1) is 13.7. The molecule has 0 radical (unpaired) electrons. The number of carbonyl (C=O) groups excluding carboxylic acids is 1. The van der Waals surface area contributed by atoms with Crippen LogP contribution in [0.25, 0.3) is 0 Å². The number of likely N-dealkylation sites (tertiary alicyclic amines) is 2. The van der Waals surface area contributed by atoms with Gasteiger partial charge in [-0.3, -0.25) is 9.69 Å². The van der Waals surface area contributed by atoms with Gasteiger partial charge in [0.15, 0.2) is 0 Å². The smallest absolute Gasteiger partial charge is 0.223 e. The van der Waals surface area contributed by atoms with Crippen LogP contribution in [0.3, 0.4) is 0 Å². The van der Waals surface area contributed by atoms with Gasteiger partial charge in [-0.25, -0.2) is 4.98 Å². The van der Waals surface area contributed by atoms with Crippen LogP contribution in [0.15, 0.2) is 42.9 Å². The maximum Gasteiger partial charge on any atom is 0.223 e. The van der Waals surface area contributed by atoms with Gasteiger partial charge >= 0.3 is 0 Å². The molecule has 4 rings (SSSR count). The van der Waals surface area contributed by atoms with E-state index in [1.54, 1.807) is 0 Å². The summed E-state index contributed by atoms with van der Waals surface area (Å²) in [6, 6.07) is 10.6. The molecule has 0 atom stereocenters. The molecular formula is C23H32N4O. The molecule has 2 fully saturated rings. The van der Waals surface area contributed by atoms with Crippen molar-refractivity contribution < 1.29 is 4.79 Å². The number of benzene rings is 1. The molecule has 150 valence electrons. The zero-order valence-electron chi connectivity index (χ0n) is 17.0. The third-order valence-corrected chi connectivity index (χ3v) is 6.58. The molecule has 1 aromatic carbocycles. The molecule has 0 bridgehead atoms. The number of carbonyl (C=O) groups is 1. The average molecular weight is 381 g/mol. The second kappa shape index (κ2) is 8.48. The Morgan fingerprint density at radius 2 is 1.93 bits per heavy atom. The first kappa shape index (κ1) is 19.2. The van der Waals surface area contributed by atoms with Gasteiger partial charge in [-0.15, -0.1) is 0 Å². The van der Waals surface area contributed by atoms with Crippen molar-refractivity contribution in [1.82, 2.24) is 19.4 Å². The number of amides is 1. The molecular weight excluding hydrogens is 348 g/mol. The Kier molecular flexibility index (Phi) is 5.81. The number of aryl methyl sites for hydroxylation is 2. The zero-order chi connectivity index (χ0) is 19.4. The summed E-state index contributed by atoms with van der Waals surface area (Å²) in [7, 11) is 0. The molecule has 5 nitrogen and oxygen atoms in total. The number of piperidine rings is 1. The topological polar surface area (TPSA) is 41.4 Å². The van der Waals surface area contributed by atoms with Crippen LogP contribution >= 0.6 is 0 Å². The SMILES string of the molecule is CCn1cncc1CN1CCC2(CC1)CC(=O)N(CCCc1ccccc1)C2. The molecule has 5 heteroatoms. The van der Waals surface area contributed by atoms with Crippen LogP contribution in [0.5, 0.6) is 0 Å². The number of rotatable bonds is 7. The zero-order valence-corrected chi connectivity index (χ0v) is 17.0. The van der Waals surface area contributed by atoms with Crippen molar-refractivity contribution in [3.05, 3.63) is 54.1 Å². The van der Waals surface area contributed by atoms with Gasteiger partial charge in [0.25, 0.3) is 0 Å². The van der Waals surface area contributed by atoms with E-state index in [1.165, 1.54) is 11.3 Å². The van der Waals surface area contributed by atoms with E-state index in [0.717, 1.165) is 71.4 Å². The largest absolute Gasteiger partial charge is 0.342 e. The number of nitrogens with zero attached hydrogens (tertiary/aromatic N) is 4. The summed E-state index contributed by atoms with van der Waals surface area (Å²) in [4.78, 5) is 21.6. The van der Waals surface area contributed by atoms with E-state index in [4.69, 9.17) is 0 Å². The van der Waals surface area contributed by atoms with Gasteiger partial charge in [0, 0.05) is 38.8 Å². The highest BCUT2D eigenvalue weighted by Gasteiger charge is 2.44. The van der Waals surface area contributed by atoms with Crippen molar-refractivity contribution in [2.75, 3.05) is 26.2 Å². The van der Waals surface area contributed by atoms with Crippen molar-refractivity contribution in [2.45, 2.75) is 52.1 Å². The minimum Gasteiger partial charge on any atom is -0.342 e. The van der Waals surface area contributed by atoms with Crippen LogP contribution in [-0.2, 0) is 24.3 Å². The van der Waals surface area contributed by atoms with E-state index in [2.05, 4.69) is 56.6 Å². The Morgan fingerprint density at radius 3 is 2.68 bits per heavy atom. The number of aromatic nitrogens is 2. The molecule has 1 aromatic heterocycles. The second-order valence-electron chi connectivity index (χ2n) is 8.53. The average Bonchev–Trinajstić information content (AvgIpc) is 3.29. The van der Waals surface area contributed by atoms with Gasteiger partial charge in [-0.05, 0) is 56.7 Å². The third kappa shape index (κ3) is 4.30. The molecule has 2 aliphatic heterocycles. The van der Waals surface area contributed by atoms with Crippen molar-refractivity contribution in [2.24, 2.45) is 5.41 Å².